The molecule has 2 saturated carbocycles. The summed E-state index contributed by atoms with van der Waals surface area (Å²) in [5.74, 6) is 1.89. The molecule has 2 fully saturated rings. The van der Waals surface area contributed by atoms with Gasteiger partial charge in [-0.2, -0.15) is 0 Å². The highest BCUT2D eigenvalue weighted by Crippen LogP contribution is 2.28. The number of benzene rings is 2. The Morgan fingerprint density at radius 1 is 0.895 bits per heavy atom. The number of nitrogens with two attached hydrogens (primary N) is 1. The van der Waals surface area contributed by atoms with E-state index in [1.807, 2.05) is 54.6 Å². The predicted octanol–water partition coefficient (Wildman–Crippen LogP) is 5.17. The van der Waals surface area contributed by atoms with Gasteiger partial charge in [-0.05, 0) is 93.0 Å². The molecule has 2 aromatic carbocycles. The number of hydrogen-bond donors (Lipinski definition) is 3. The van der Waals surface area contributed by atoms with Crippen molar-refractivity contribution in [3.05, 3.63) is 65.7 Å². The highest BCUT2D eigenvalue weighted by Gasteiger charge is 2.30. The van der Waals surface area contributed by atoms with Gasteiger partial charge in [-0.25, -0.2) is 0 Å². The molecule has 0 aromatic heterocycles. The van der Waals surface area contributed by atoms with Gasteiger partial charge < -0.3 is 21.1 Å². The maximum atomic E-state index is 13.4. The molecule has 0 aliphatic heterocycles. The first-order chi connectivity index (χ1) is 18.0. The molecule has 4 rings (SSSR count). The summed E-state index contributed by atoms with van der Waals surface area (Å²) in [5.41, 5.74) is 7.94. The molecule has 4 N–H and O–H groups in total. The molecular weight excluding hydrogens is 498 g/mol. The van der Waals surface area contributed by atoms with Crippen LogP contribution in [0.15, 0.2) is 54.6 Å². The Balaban J connectivity index is 0.00000400. The van der Waals surface area contributed by atoms with Crippen LogP contribution in [0.2, 0.25) is 0 Å². The van der Waals surface area contributed by atoms with Crippen molar-refractivity contribution >= 4 is 24.2 Å². The lowest BCUT2D eigenvalue weighted by Gasteiger charge is -2.30. The maximum Gasteiger partial charge on any atom is 0.243 e. The molecule has 0 bridgehead atoms. The molecule has 2 aliphatic rings. The van der Waals surface area contributed by atoms with Crippen molar-refractivity contribution in [2.75, 3.05) is 6.54 Å². The molecule has 0 unspecified atom stereocenters. The molecule has 38 heavy (non-hydrogen) atoms. The minimum Gasteiger partial charge on any atom is -0.489 e. The fourth-order valence-electron chi connectivity index (χ4n) is 5.56. The van der Waals surface area contributed by atoms with E-state index < -0.39 is 6.04 Å². The smallest absolute Gasteiger partial charge is 0.243 e. The molecule has 0 radical (unpaired) electrons. The zero-order valence-electron chi connectivity index (χ0n) is 22.6. The summed E-state index contributed by atoms with van der Waals surface area (Å²) in [7, 11) is 0. The molecule has 2 aliphatic carbocycles. The number of ether oxygens (including phenoxy) is 1. The summed E-state index contributed by atoms with van der Waals surface area (Å²) in [5, 5.41) is 6.35. The lowest BCUT2D eigenvalue weighted by molar-refractivity contribution is -0.132. The number of carbonyl (C=O) groups is 2. The van der Waals surface area contributed by atoms with Crippen molar-refractivity contribution in [3.8, 4) is 5.75 Å². The van der Waals surface area contributed by atoms with Gasteiger partial charge in [0.15, 0.2) is 0 Å². The fourth-order valence-corrected chi connectivity index (χ4v) is 5.56. The number of rotatable bonds is 10. The molecule has 2 amide bonds. The monoisotopic (exact) mass is 541 g/mol. The molecule has 6 nitrogen and oxygen atoms in total. The van der Waals surface area contributed by atoms with Crippen LogP contribution in [-0.4, -0.2) is 30.4 Å². The van der Waals surface area contributed by atoms with E-state index in [0.717, 1.165) is 74.2 Å². The van der Waals surface area contributed by atoms with E-state index in [1.54, 1.807) is 0 Å². The molecule has 2 aromatic rings. The lowest BCUT2D eigenvalue weighted by Crippen LogP contribution is -2.52. The van der Waals surface area contributed by atoms with Crippen LogP contribution in [0.5, 0.6) is 5.75 Å². The Bertz CT molecular complexity index is 985. The number of carbonyl (C=O) groups excluding carboxylic acids is 2. The second kappa shape index (κ2) is 15.1. The van der Waals surface area contributed by atoms with Crippen molar-refractivity contribution in [2.24, 2.45) is 23.5 Å². The average Bonchev–Trinajstić information content (AvgIpc) is 2.94. The van der Waals surface area contributed by atoms with Gasteiger partial charge in [0.2, 0.25) is 11.8 Å². The molecule has 7 heteroatoms. The molecule has 0 saturated heterocycles. The van der Waals surface area contributed by atoms with Crippen LogP contribution in [0.4, 0.5) is 0 Å². The van der Waals surface area contributed by atoms with Gasteiger partial charge in [0.05, 0.1) is 0 Å². The van der Waals surface area contributed by atoms with Gasteiger partial charge in [0.25, 0.3) is 0 Å². The Morgan fingerprint density at radius 2 is 1.55 bits per heavy atom. The quantitative estimate of drug-likeness (QED) is 0.386. The first kappa shape index (κ1) is 30.0. The standard InChI is InChI=1S/C31H43N3O3.ClH/c1-22-7-15-27(16-8-22)33-31(36)29(34-30(35)26-13-9-24(20-32)10-14-26)19-23-11-17-28(18-12-23)37-21-25-5-3-2-4-6-25;/h2-6,11-12,17-18,22,24,26-27,29H,7-10,13-16,19-21,32H2,1H3,(H,33,36)(H,34,35);1H/t22?,24?,26?,27?,29-;/m0./s1. The molecule has 0 heterocycles. The number of amides is 2. The van der Waals surface area contributed by atoms with Crippen LogP contribution in [0.1, 0.15) is 69.4 Å². The summed E-state index contributed by atoms with van der Waals surface area (Å²) in [6.07, 6.45) is 8.39. The van der Waals surface area contributed by atoms with Crippen LogP contribution in [0, 0.1) is 17.8 Å². The molecular formula is C31H44ClN3O3. The summed E-state index contributed by atoms with van der Waals surface area (Å²) < 4.78 is 5.91. The van der Waals surface area contributed by atoms with Crippen LogP contribution >= 0.6 is 12.4 Å². The van der Waals surface area contributed by atoms with Crippen LogP contribution < -0.4 is 21.1 Å². The van der Waals surface area contributed by atoms with E-state index >= 15 is 0 Å². The van der Waals surface area contributed by atoms with Crippen molar-refractivity contribution in [1.82, 2.24) is 10.6 Å². The Morgan fingerprint density at radius 3 is 2.18 bits per heavy atom. The summed E-state index contributed by atoms with van der Waals surface area (Å²) in [4.78, 5) is 26.5. The number of nitrogens with one attached hydrogen (secondary N) is 2. The SMILES string of the molecule is CC1CCC(NC(=O)[C@H](Cc2ccc(OCc3ccccc3)cc2)NC(=O)C2CCC(CN)CC2)CC1.Cl. The zero-order valence-corrected chi connectivity index (χ0v) is 23.4. The van der Waals surface area contributed by atoms with Crippen molar-refractivity contribution < 1.29 is 14.3 Å². The number of halogens is 1. The Hall–Kier alpha value is -2.57. The maximum absolute atomic E-state index is 13.4. The van der Waals surface area contributed by atoms with Crippen molar-refractivity contribution in [2.45, 2.75) is 83.4 Å². The average molecular weight is 542 g/mol. The summed E-state index contributed by atoms with van der Waals surface area (Å²) in [6, 6.07) is 17.5. The van der Waals surface area contributed by atoms with Crippen LogP contribution in [-0.2, 0) is 22.6 Å². The zero-order chi connectivity index (χ0) is 26.0. The van der Waals surface area contributed by atoms with Crippen molar-refractivity contribution in [3.63, 3.8) is 0 Å². The summed E-state index contributed by atoms with van der Waals surface area (Å²) in [6.45, 7) is 3.46. The highest BCUT2D eigenvalue weighted by molar-refractivity contribution is 5.89. The van der Waals surface area contributed by atoms with Crippen LogP contribution in [0.3, 0.4) is 0 Å². The van der Waals surface area contributed by atoms with Gasteiger partial charge >= 0.3 is 0 Å². The second-order valence-electron chi connectivity index (χ2n) is 11.1. The van der Waals surface area contributed by atoms with Gasteiger partial charge in [-0.1, -0.05) is 49.4 Å². The van der Waals surface area contributed by atoms with E-state index in [0.29, 0.717) is 25.5 Å². The van der Waals surface area contributed by atoms with E-state index in [4.69, 9.17) is 10.5 Å². The largest absolute Gasteiger partial charge is 0.489 e. The Labute approximate surface area is 233 Å². The minimum atomic E-state index is -0.588. The van der Waals surface area contributed by atoms with Crippen LogP contribution in [0.25, 0.3) is 0 Å². The van der Waals surface area contributed by atoms with Crippen molar-refractivity contribution in [1.29, 1.82) is 0 Å². The Kier molecular flexibility index (Phi) is 11.9. The third-order valence-electron chi connectivity index (χ3n) is 8.16. The van der Waals surface area contributed by atoms with Gasteiger partial charge in [0, 0.05) is 18.4 Å². The first-order valence-corrected chi connectivity index (χ1v) is 14.1. The second-order valence-corrected chi connectivity index (χ2v) is 11.1. The molecule has 208 valence electrons. The molecule has 0 spiro atoms. The molecule has 1 atom stereocenters. The third kappa shape index (κ3) is 9.02. The number of hydrogen-bond acceptors (Lipinski definition) is 4. The highest BCUT2D eigenvalue weighted by atomic mass is 35.5. The van der Waals surface area contributed by atoms with E-state index in [2.05, 4.69) is 17.6 Å². The summed E-state index contributed by atoms with van der Waals surface area (Å²) >= 11 is 0. The van der Waals surface area contributed by atoms with Gasteiger partial charge in [-0.3, -0.25) is 9.59 Å². The van der Waals surface area contributed by atoms with Gasteiger partial charge in [-0.15, -0.1) is 12.4 Å². The van der Waals surface area contributed by atoms with E-state index in [-0.39, 0.29) is 36.2 Å². The third-order valence-corrected chi connectivity index (χ3v) is 8.16. The van der Waals surface area contributed by atoms with E-state index in [1.165, 1.54) is 0 Å². The van der Waals surface area contributed by atoms with Gasteiger partial charge in [0.1, 0.15) is 18.4 Å². The normalized spacial score (nSPS) is 23.9. The topological polar surface area (TPSA) is 93.5 Å². The lowest BCUT2D eigenvalue weighted by atomic mass is 9.81. The minimum absolute atomic E-state index is 0. The first-order valence-electron chi connectivity index (χ1n) is 14.1. The van der Waals surface area contributed by atoms with E-state index in [9.17, 15) is 9.59 Å². The predicted molar refractivity (Wildman–Crippen MR) is 154 cm³/mol. The fraction of sp³-hybridized carbons (Fsp3) is 0.548.